The summed E-state index contributed by atoms with van der Waals surface area (Å²) < 4.78 is 18.1. The average Bonchev–Trinajstić information content (AvgIpc) is 3.08. The Kier molecular flexibility index (Phi) is 7.67. The summed E-state index contributed by atoms with van der Waals surface area (Å²) in [6, 6.07) is 6.79. The maximum Gasteiger partial charge on any atom is 0.174 e. The van der Waals surface area contributed by atoms with Gasteiger partial charge in [0.05, 0.1) is 41.5 Å². The second-order valence-corrected chi connectivity index (χ2v) is 8.48. The van der Waals surface area contributed by atoms with Gasteiger partial charge in [-0.15, -0.1) is 0 Å². The van der Waals surface area contributed by atoms with Gasteiger partial charge in [0.25, 0.3) is 0 Å². The van der Waals surface area contributed by atoms with Gasteiger partial charge in [0, 0.05) is 16.6 Å². The minimum absolute atomic E-state index is 0.0223. The molecule has 30 heavy (non-hydrogen) atoms. The van der Waals surface area contributed by atoms with Gasteiger partial charge in [0.1, 0.15) is 5.52 Å². The standard InChI is InChI=1S/C20H23BrClFN4O3/c1-11(2)9-27-10-24-19-16(27)8-13(20(29)26-30-6-5-28)18(17(19)23)25-15-4-3-12(21)7-14(15)22/h3-4,7-8,10-11,20,25-26,28-29H,5-6,9H2,1-2H3. The van der Waals surface area contributed by atoms with Gasteiger partial charge in [-0.1, -0.05) is 41.4 Å². The zero-order valence-corrected chi connectivity index (χ0v) is 18.8. The molecule has 1 heterocycles. The van der Waals surface area contributed by atoms with Crippen molar-refractivity contribution in [2.75, 3.05) is 18.5 Å². The van der Waals surface area contributed by atoms with Crippen LogP contribution < -0.4 is 10.8 Å². The van der Waals surface area contributed by atoms with Crippen LogP contribution in [0.1, 0.15) is 25.6 Å². The van der Waals surface area contributed by atoms with Crippen molar-refractivity contribution in [3.05, 3.63) is 51.5 Å². The first-order chi connectivity index (χ1) is 14.3. The number of fused-ring (bicyclic) bond motifs is 1. The summed E-state index contributed by atoms with van der Waals surface area (Å²) in [5.74, 6) is -0.295. The molecule has 1 aromatic heterocycles. The number of nitrogens with one attached hydrogen (secondary N) is 2. The van der Waals surface area contributed by atoms with Crippen LogP contribution in [0.3, 0.4) is 0 Å². The van der Waals surface area contributed by atoms with E-state index in [0.717, 1.165) is 4.47 Å². The predicted molar refractivity (Wildman–Crippen MR) is 118 cm³/mol. The molecule has 0 aliphatic carbocycles. The maximum atomic E-state index is 15.5. The summed E-state index contributed by atoms with van der Waals surface area (Å²) in [4.78, 5) is 9.24. The number of benzene rings is 2. The Morgan fingerprint density at radius 3 is 2.77 bits per heavy atom. The van der Waals surface area contributed by atoms with Crippen molar-refractivity contribution < 1.29 is 19.4 Å². The average molecular weight is 502 g/mol. The lowest BCUT2D eigenvalue weighted by molar-refractivity contribution is -0.0674. The van der Waals surface area contributed by atoms with Gasteiger partial charge in [-0.05, 0) is 30.2 Å². The Morgan fingerprint density at radius 1 is 1.33 bits per heavy atom. The highest BCUT2D eigenvalue weighted by Gasteiger charge is 2.23. The maximum absolute atomic E-state index is 15.5. The summed E-state index contributed by atoms with van der Waals surface area (Å²) in [6.07, 6.45) is 0.213. The second-order valence-electron chi connectivity index (χ2n) is 7.15. The number of halogens is 3. The quantitative estimate of drug-likeness (QED) is 0.196. The molecule has 162 valence electrons. The Bertz CT molecular complexity index is 1030. The molecule has 7 nitrogen and oxygen atoms in total. The third-order valence-corrected chi connectivity index (χ3v) is 5.13. The monoisotopic (exact) mass is 500 g/mol. The van der Waals surface area contributed by atoms with Crippen molar-refractivity contribution >= 4 is 49.9 Å². The van der Waals surface area contributed by atoms with Crippen LogP contribution in [0.25, 0.3) is 11.0 Å². The van der Waals surface area contributed by atoms with Crippen molar-refractivity contribution in [2.45, 2.75) is 26.6 Å². The summed E-state index contributed by atoms with van der Waals surface area (Å²) >= 11 is 9.62. The lowest BCUT2D eigenvalue weighted by Gasteiger charge is -2.20. The number of imidazole rings is 1. The first-order valence-electron chi connectivity index (χ1n) is 9.37. The molecule has 1 unspecified atom stereocenters. The molecule has 0 radical (unpaired) electrons. The van der Waals surface area contributed by atoms with Gasteiger partial charge in [0.2, 0.25) is 0 Å². The Balaban J connectivity index is 2.10. The molecule has 3 aromatic rings. The summed E-state index contributed by atoms with van der Waals surface area (Å²) in [5.41, 5.74) is 3.84. The highest BCUT2D eigenvalue weighted by Crippen LogP contribution is 2.36. The Hall–Kier alpha value is -1.75. The molecule has 0 fully saturated rings. The number of aromatic nitrogens is 2. The SMILES string of the molecule is CC(C)Cn1cnc2c(F)c(Nc3ccc(Br)cc3Cl)c(C(O)NOCCO)cc21. The van der Waals surface area contributed by atoms with E-state index in [1.807, 2.05) is 18.4 Å². The van der Waals surface area contributed by atoms with E-state index in [4.69, 9.17) is 21.5 Å². The first-order valence-corrected chi connectivity index (χ1v) is 10.5. The summed E-state index contributed by atoms with van der Waals surface area (Å²) in [7, 11) is 0. The van der Waals surface area contributed by atoms with Gasteiger partial charge < -0.3 is 20.1 Å². The van der Waals surface area contributed by atoms with E-state index >= 15 is 4.39 Å². The molecule has 4 N–H and O–H groups in total. The zero-order chi connectivity index (χ0) is 21.8. The summed E-state index contributed by atoms with van der Waals surface area (Å²) in [5, 5.41) is 22.8. The van der Waals surface area contributed by atoms with Crippen molar-refractivity contribution in [2.24, 2.45) is 5.92 Å². The van der Waals surface area contributed by atoms with E-state index in [1.165, 1.54) is 0 Å². The molecule has 1 atom stereocenters. The third-order valence-electron chi connectivity index (χ3n) is 4.32. The number of rotatable bonds is 9. The van der Waals surface area contributed by atoms with Crippen LogP contribution in [0.5, 0.6) is 0 Å². The molecule has 0 amide bonds. The van der Waals surface area contributed by atoms with E-state index in [2.05, 4.69) is 31.7 Å². The van der Waals surface area contributed by atoms with Gasteiger partial charge in [-0.25, -0.2) is 9.37 Å². The number of aliphatic hydroxyl groups is 2. The fraction of sp³-hybridized carbons (Fsp3) is 0.350. The predicted octanol–water partition coefficient (Wildman–Crippen LogP) is 4.50. The largest absolute Gasteiger partial charge is 0.394 e. The van der Waals surface area contributed by atoms with E-state index < -0.39 is 12.0 Å². The smallest absolute Gasteiger partial charge is 0.174 e. The number of anilines is 2. The Labute approximate surface area is 186 Å². The topological polar surface area (TPSA) is 91.6 Å². The fourth-order valence-electron chi connectivity index (χ4n) is 3.03. The molecule has 0 spiro atoms. The van der Waals surface area contributed by atoms with Crippen LogP contribution in [-0.4, -0.2) is 33.0 Å². The molecule has 10 heteroatoms. The van der Waals surface area contributed by atoms with E-state index in [0.29, 0.717) is 28.7 Å². The van der Waals surface area contributed by atoms with Gasteiger partial charge in [-0.2, -0.15) is 5.48 Å². The molecule has 2 aromatic carbocycles. The van der Waals surface area contributed by atoms with Crippen LogP contribution in [0.4, 0.5) is 15.8 Å². The molecule has 0 saturated heterocycles. The number of hydrogen-bond acceptors (Lipinski definition) is 6. The molecule has 3 rings (SSSR count). The molecular formula is C20H23BrClFN4O3. The molecular weight excluding hydrogens is 479 g/mol. The molecule has 0 aliphatic heterocycles. The van der Waals surface area contributed by atoms with E-state index in [1.54, 1.807) is 30.6 Å². The summed E-state index contributed by atoms with van der Waals surface area (Å²) in [6.45, 7) is 4.48. The lowest BCUT2D eigenvalue weighted by Crippen LogP contribution is -2.24. The minimum atomic E-state index is -1.37. The van der Waals surface area contributed by atoms with Gasteiger partial charge >= 0.3 is 0 Å². The second kappa shape index (κ2) is 10.0. The van der Waals surface area contributed by atoms with Crippen LogP contribution in [0.2, 0.25) is 5.02 Å². The zero-order valence-electron chi connectivity index (χ0n) is 16.5. The highest BCUT2D eigenvalue weighted by atomic mass is 79.9. The van der Waals surface area contributed by atoms with Gasteiger partial charge in [-0.3, -0.25) is 4.84 Å². The number of hydroxylamine groups is 1. The van der Waals surface area contributed by atoms with Crippen molar-refractivity contribution in [1.82, 2.24) is 15.0 Å². The van der Waals surface area contributed by atoms with E-state index in [-0.39, 0.29) is 30.0 Å². The van der Waals surface area contributed by atoms with Gasteiger partial charge in [0.15, 0.2) is 12.0 Å². The lowest BCUT2D eigenvalue weighted by atomic mass is 10.1. The first kappa shape index (κ1) is 22.9. The van der Waals surface area contributed by atoms with Crippen LogP contribution >= 0.6 is 27.5 Å². The van der Waals surface area contributed by atoms with Crippen molar-refractivity contribution in [3.63, 3.8) is 0 Å². The Morgan fingerprint density at radius 2 is 2.10 bits per heavy atom. The van der Waals surface area contributed by atoms with Crippen molar-refractivity contribution in [3.8, 4) is 0 Å². The van der Waals surface area contributed by atoms with Crippen LogP contribution in [0, 0.1) is 11.7 Å². The third kappa shape index (κ3) is 5.11. The van der Waals surface area contributed by atoms with E-state index in [9.17, 15) is 5.11 Å². The fourth-order valence-corrected chi connectivity index (χ4v) is 3.75. The molecule has 0 bridgehead atoms. The van der Waals surface area contributed by atoms with Crippen LogP contribution in [-0.2, 0) is 11.4 Å². The number of hydrogen-bond donors (Lipinski definition) is 4. The highest BCUT2D eigenvalue weighted by molar-refractivity contribution is 9.10. The van der Waals surface area contributed by atoms with Crippen LogP contribution in [0.15, 0.2) is 35.1 Å². The molecule has 0 aliphatic rings. The molecule has 0 saturated carbocycles. The number of aliphatic hydroxyl groups excluding tert-OH is 2. The number of nitrogens with zero attached hydrogens (tertiary/aromatic N) is 2. The normalized spacial score (nSPS) is 12.7. The minimum Gasteiger partial charge on any atom is -0.394 e. The van der Waals surface area contributed by atoms with Crippen molar-refractivity contribution in [1.29, 1.82) is 0 Å².